The Labute approximate surface area is 127 Å². The molecule has 1 aromatic heterocycles. The molecule has 1 aromatic carbocycles. The van der Waals surface area contributed by atoms with Gasteiger partial charge >= 0.3 is 0 Å². The third-order valence-corrected chi connectivity index (χ3v) is 3.85. The zero-order valence-corrected chi connectivity index (χ0v) is 12.6. The van der Waals surface area contributed by atoms with Gasteiger partial charge in [-0.25, -0.2) is 4.39 Å². The van der Waals surface area contributed by atoms with Crippen LogP contribution in [0.4, 0.5) is 4.39 Å². The Balaban J connectivity index is 2.24. The third kappa shape index (κ3) is 3.54. The highest BCUT2D eigenvalue weighted by Crippen LogP contribution is 2.29. The molecule has 0 amide bonds. The van der Waals surface area contributed by atoms with Crippen molar-refractivity contribution in [2.75, 3.05) is 6.54 Å². The molecule has 2 rings (SSSR count). The van der Waals surface area contributed by atoms with Gasteiger partial charge in [-0.1, -0.05) is 30.7 Å². The summed E-state index contributed by atoms with van der Waals surface area (Å²) in [5.74, 6) is -0.406. The standard InChI is InChI=1S/C15H16Cl2FNO/c1-2-7-19-13(11-6-8-20-15(11)17)9-10-4-3-5-12(18)14(10)16/h3-6,8,13,19H,2,7,9H2,1H3. The Bertz CT molecular complexity index is 571. The van der Waals surface area contributed by atoms with Crippen LogP contribution in [-0.2, 0) is 6.42 Å². The van der Waals surface area contributed by atoms with Crippen molar-refractivity contribution in [3.8, 4) is 0 Å². The summed E-state index contributed by atoms with van der Waals surface area (Å²) in [5, 5.41) is 3.90. The van der Waals surface area contributed by atoms with E-state index in [0.717, 1.165) is 24.1 Å². The lowest BCUT2D eigenvalue weighted by atomic mass is 10.0. The van der Waals surface area contributed by atoms with Crippen LogP contribution in [0, 0.1) is 5.82 Å². The lowest BCUT2D eigenvalue weighted by Crippen LogP contribution is -2.24. The van der Waals surface area contributed by atoms with E-state index in [1.165, 1.54) is 6.07 Å². The molecule has 1 N–H and O–H groups in total. The molecule has 0 fully saturated rings. The van der Waals surface area contributed by atoms with Gasteiger partial charge in [0.15, 0.2) is 5.22 Å². The topological polar surface area (TPSA) is 25.2 Å². The smallest absolute Gasteiger partial charge is 0.197 e. The summed E-state index contributed by atoms with van der Waals surface area (Å²) in [7, 11) is 0. The molecule has 2 nitrogen and oxygen atoms in total. The normalized spacial score (nSPS) is 12.6. The van der Waals surface area contributed by atoms with E-state index in [2.05, 4.69) is 12.2 Å². The molecule has 1 atom stereocenters. The van der Waals surface area contributed by atoms with Gasteiger partial charge in [0.1, 0.15) is 5.82 Å². The molecule has 5 heteroatoms. The first kappa shape index (κ1) is 15.4. The Kier molecular flexibility index (Phi) is 5.46. The predicted molar refractivity (Wildman–Crippen MR) is 79.9 cm³/mol. The van der Waals surface area contributed by atoms with Gasteiger partial charge in [0.05, 0.1) is 11.3 Å². The number of furan rings is 1. The number of rotatable bonds is 6. The molecule has 0 bridgehead atoms. The highest BCUT2D eigenvalue weighted by Gasteiger charge is 2.19. The van der Waals surface area contributed by atoms with Gasteiger partial charge < -0.3 is 9.73 Å². The van der Waals surface area contributed by atoms with E-state index in [9.17, 15) is 4.39 Å². The third-order valence-electron chi connectivity index (χ3n) is 3.12. The van der Waals surface area contributed by atoms with Gasteiger partial charge in [-0.3, -0.25) is 0 Å². The van der Waals surface area contributed by atoms with E-state index in [4.69, 9.17) is 27.6 Å². The quantitative estimate of drug-likeness (QED) is 0.810. The van der Waals surface area contributed by atoms with Crippen LogP contribution in [0.3, 0.4) is 0 Å². The van der Waals surface area contributed by atoms with E-state index >= 15 is 0 Å². The van der Waals surface area contributed by atoms with Crippen molar-refractivity contribution >= 4 is 23.2 Å². The Morgan fingerprint density at radius 2 is 2.10 bits per heavy atom. The fourth-order valence-electron chi connectivity index (χ4n) is 2.09. The monoisotopic (exact) mass is 315 g/mol. The first-order valence-corrected chi connectivity index (χ1v) is 7.28. The largest absolute Gasteiger partial charge is 0.453 e. The zero-order valence-electron chi connectivity index (χ0n) is 11.1. The van der Waals surface area contributed by atoms with Crippen molar-refractivity contribution in [2.24, 2.45) is 0 Å². The summed E-state index contributed by atoms with van der Waals surface area (Å²) in [4.78, 5) is 0. The molecular weight excluding hydrogens is 300 g/mol. The van der Waals surface area contributed by atoms with Gasteiger partial charge in [-0.2, -0.15) is 0 Å². The maximum Gasteiger partial charge on any atom is 0.197 e. The molecule has 0 spiro atoms. The summed E-state index contributed by atoms with van der Waals surface area (Å²) in [6.07, 6.45) is 3.09. The van der Waals surface area contributed by atoms with Crippen molar-refractivity contribution in [1.82, 2.24) is 5.32 Å². The highest BCUT2D eigenvalue weighted by molar-refractivity contribution is 6.31. The van der Waals surface area contributed by atoms with Gasteiger partial charge in [0.25, 0.3) is 0 Å². The molecular formula is C15H16Cl2FNO. The highest BCUT2D eigenvalue weighted by atomic mass is 35.5. The molecule has 0 aliphatic heterocycles. The van der Waals surface area contributed by atoms with Crippen LogP contribution in [0.15, 0.2) is 34.9 Å². The van der Waals surface area contributed by atoms with Crippen molar-refractivity contribution in [3.63, 3.8) is 0 Å². The van der Waals surface area contributed by atoms with Gasteiger partial charge in [-0.05, 0) is 48.7 Å². The van der Waals surface area contributed by atoms with Crippen LogP contribution < -0.4 is 5.32 Å². The SMILES string of the molecule is CCCNC(Cc1cccc(F)c1Cl)c1ccoc1Cl. The van der Waals surface area contributed by atoms with E-state index in [1.807, 2.05) is 12.1 Å². The Hall–Kier alpha value is -1.03. The number of nitrogens with one attached hydrogen (secondary N) is 1. The number of hydrogen-bond donors (Lipinski definition) is 1. The molecule has 1 unspecified atom stereocenters. The van der Waals surface area contributed by atoms with Gasteiger partial charge in [-0.15, -0.1) is 0 Å². The maximum atomic E-state index is 13.5. The lowest BCUT2D eigenvalue weighted by molar-refractivity contribution is 0.512. The summed E-state index contributed by atoms with van der Waals surface area (Å²) < 4.78 is 18.6. The minimum absolute atomic E-state index is 0.0551. The fourth-order valence-corrected chi connectivity index (χ4v) is 2.54. The second-order valence-electron chi connectivity index (χ2n) is 4.57. The second-order valence-corrected chi connectivity index (χ2v) is 5.29. The molecule has 0 saturated carbocycles. The van der Waals surface area contributed by atoms with Crippen molar-refractivity contribution in [1.29, 1.82) is 0 Å². The van der Waals surface area contributed by atoms with Crippen LogP contribution in [0.2, 0.25) is 10.2 Å². The van der Waals surface area contributed by atoms with Crippen molar-refractivity contribution < 1.29 is 8.81 Å². The van der Waals surface area contributed by atoms with Crippen LogP contribution in [-0.4, -0.2) is 6.54 Å². The van der Waals surface area contributed by atoms with E-state index in [-0.39, 0.29) is 11.1 Å². The summed E-state index contributed by atoms with van der Waals surface area (Å²) >= 11 is 12.1. The van der Waals surface area contributed by atoms with Crippen LogP contribution in [0.5, 0.6) is 0 Å². The van der Waals surface area contributed by atoms with Crippen LogP contribution >= 0.6 is 23.2 Å². The van der Waals surface area contributed by atoms with Crippen molar-refractivity contribution in [2.45, 2.75) is 25.8 Å². The average Bonchev–Trinajstić information content (AvgIpc) is 2.85. The number of halogens is 3. The van der Waals surface area contributed by atoms with E-state index in [0.29, 0.717) is 11.6 Å². The summed E-state index contributed by atoms with van der Waals surface area (Å²) in [6, 6.07) is 6.60. The Morgan fingerprint density at radius 3 is 2.75 bits per heavy atom. The molecule has 0 radical (unpaired) electrons. The fraction of sp³-hybridized carbons (Fsp3) is 0.333. The van der Waals surface area contributed by atoms with Gasteiger partial charge in [0, 0.05) is 11.6 Å². The molecule has 0 saturated heterocycles. The minimum Gasteiger partial charge on any atom is -0.453 e. The minimum atomic E-state index is -0.406. The van der Waals surface area contributed by atoms with Crippen molar-refractivity contribution in [3.05, 3.63) is 57.7 Å². The molecule has 0 aliphatic carbocycles. The number of hydrogen-bond acceptors (Lipinski definition) is 2. The average molecular weight is 316 g/mol. The number of benzene rings is 1. The van der Waals surface area contributed by atoms with Gasteiger partial charge in [0.2, 0.25) is 0 Å². The molecule has 1 heterocycles. The first-order chi connectivity index (χ1) is 9.63. The lowest BCUT2D eigenvalue weighted by Gasteiger charge is -2.18. The van der Waals surface area contributed by atoms with E-state index < -0.39 is 5.82 Å². The molecule has 20 heavy (non-hydrogen) atoms. The second kappa shape index (κ2) is 7.11. The summed E-state index contributed by atoms with van der Waals surface area (Å²) in [5.41, 5.74) is 1.61. The molecule has 2 aromatic rings. The Morgan fingerprint density at radius 1 is 1.30 bits per heavy atom. The molecule has 0 aliphatic rings. The molecule has 108 valence electrons. The summed E-state index contributed by atoms with van der Waals surface area (Å²) in [6.45, 7) is 2.91. The maximum absolute atomic E-state index is 13.5. The van der Waals surface area contributed by atoms with Crippen LogP contribution in [0.25, 0.3) is 0 Å². The first-order valence-electron chi connectivity index (χ1n) is 6.52. The van der Waals surface area contributed by atoms with E-state index in [1.54, 1.807) is 12.3 Å². The zero-order chi connectivity index (χ0) is 14.5. The predicted octanol–water partition coefficient (Wildman–Crippen LogP) is 5.01. The van der Waals surface area contributed by atoms with Crippen LogP contribution in [0.1, 0.15) is 30.5 Å².